The summed E-state index contributed by atoms with van der Waals surface area (Å²) >= 11 is 5.46. The van der Waals surface area contributed by atoms with Crippen molar-refractivity contribution in [3.8, 4) is 0 Å². The summed E-state index contributed by atoms with van der Waals surface area (Å²) in [6.45, 7) is 0.133. The highest BCUT2D eigenvalue weighted by Crippen LogP contribution is 1.97. The second kappa shape index (κ2) is 6.65. The first-order chi connectivity index (χ1) is 6.49. The van der Waals surface area contributed by atoms with Crippen LogP contribution >= 0.6 is 11.6 Å². The van der Waals surface area contributed by atoms with Gasteiger partial charge < -0.3 is 9.80 Å². The van der Waals surface area contributed by atoms with E-state index in [2.05, 4.69) is 0 Å². The van der Waals surface area contributed by atoms with Gasteiger partial charge in [0.15, 0.2) is 0 Å². The second-order valence-corrected chi connectivity index (χ2v) is 3.71. The van der Waals surface area contributed by atoms with E-state index in [1.807, 2.05) is 0 Å². The minimum Gasteiger partial charge on any atom is -0.347 e. The maximum Gasteiger partial charge on any atom is 0.241 e. The molecule has 0 aliphatic heterocycles. The van der Waals surface area contributed by atoms with Crippen LogP contribution in [0.4, 0.5) is 0 Å². The third-order valence-corrected chi connectivity index (χ3v) is 2.09. The monoisotopic (exact) mass is 220 g/mol. The van der Waals surface area contributed by atoms with Gasteiger partial charge in [0.1, 0.15) is 0 Å². The number of carbonyl (C=O) groups is 2. The van der Waals surface area contributed by atoms with Gasteiger partial charge in [-0.2, -0.15) is 0 Å². The number of alkyl halides is 1. The Labute approximate surface area is 89.8 Å². The lowest BCUT2D eigenvalue weighted by atomic mass is 10.3. The molecule has 0 aliphatic rings. The molecule has 2 amide bonds. The minimum atomic E-state index is -0.0771. The summed E-state index contributed by atoms with van der Waals surface area (Å²) in [5.41, 5.74) is 0. The van der Waals surface area contributed by atoms with Gasteiger partial charge in [0.25, 0.3) is 0 Å². The lowest BCUT2D eigenvalue weighted by molar-refractivity contribution is -0.138. The van der Waals surface area contributed by atoms with E-state index in [1.165, 1.54) is 9.80 Å². The molecule has 0 bridgehead atoms. The summed E-state index contributed by atoms with van der Waals surface area (Å²) < 4.78 is 0. The van der Waals surface area contributed by atoms with E-state index < -0.39 is 0 Å². The molecule has 0 aromatic rings. The molecule has 0 saturated heterocycles. The number of rotatable bonds is 5. The van der Waals surface area contributed by atoms with Gasteiger partial charge in [0.2, 0.25) is 11.8 Å². The lowest BCUT2D eigenvalue weighted by Crippen LogP contribution is -2.37. The average Bonchev–Trinajstić information content (AvgIpc) is 2.13. The fraction of sp³-hybridized carbons (Fsp3) is 0.778. The Bertz CT molecular complexity index is 207. The van der Waals surface area contributed by atoms with Gasteiger partial charge in [-0.05, 0) is 6.42 Å². The van der Waals surface area contributed by atoms with Crippen LogP contribution in [0.3, 0.4) is 0 Å². The van der Waals surface area contributed by atoms with Gasteiger partial charge in [-0.15, -0.1) is 11.6 Å². The molecule has 0 fully saturated rings. The largest absolute Gasteiger partial charge is 0.347 e. The number of nitrogens with zero attached hydrogens (tertiary/aromatic N) is 2. The molecule has 0 spiro atoms. The lowest BCUT2D eigenvalue weighted by Gasteiger charge is -2.18. The molecule has 0 N–H and O–H groups in total. The van der Waals surface area contributed by atoms with E-state index in [4.69, 9.17) is 11.6 Å². The van der Waals surface area contributed by atoms with Crippen molar-refractivity contribution in [1.82, 2.24) is 9.80 Å². The zero-order chi connectivity index (χ0) is 11.1. The molecule has 82 valence electrons. The van der Waals surface area contributed by atoms with Gasteiger partial charge in [-0.3, -0.25) is 9.59 Å². The molecule has 0 saturated carbocycles. The SMILES string of the molecule is CN(C)C(=O)CN(C)C(=O)CCCCl. The summed E-state index contributed by atoms with van der Waals surface area (Å²) in [7, 11) is 4.96. The Balaban J connectivity index is 3.89. The molecule has 0 aliphatic carbocycles. The van der Waals surface area contributed by atoms with Gasteiger partial charge in [0.05, 0.1) is 6.54 Å². The maximum atomic E-state index is 11.4. The molecule has 5 heteroatoms. The number of amides is 2. The van der Waals surface area contributed by atoms with Crippen molar-refractivity contribution >= 4 is 23.4 Å². The fourth-order valence-corrected chi connectivity index (χ4v) is 0.975. The molecule has 0 aromatic heterocycles. The first-order valence-corrected chi connectivity index (χ1v) is 5.02. The number of halogens is 1. The quantitative estimate of drug-likeness (QED) is 0.635. The third kappa shape index (κ3) is 5.07. The standard InChI is InChI=1S/C9H17ClN2O2/c1-11(2)9(14)7-12(3)8(13)5-4-6-10/h4-7H2,1-3H3. The molecule has 14 heavy (non-hydrogen) atoms. The van der Waals surface area contributed by atoms with Gasteiger partial charge >= 0.3 is 0 Å². The highest BCUT2D eigenvalue weighted by molar-refractivity contribution is 6.17. The third-order valence-electron chi connectivity index (χ3n) is 1.82. The predicted octanol–water partition coefficient (Wildman–Crippen LogP) is 0.552. The predicted molar refractivity (Wildman–Crippen MR) is 56.3 cm³/mol. The first-order valence-electron chi connectivity index (χ1n) is 4.49. The Morgan fingerprint density at radius 2 is 1.71 bits per heavy atom. The van der Waals surface area contributed by atoms with Crippen LogP contribution in [0.2, 0.25) is 0 Å². The van der Waals surface area contributed by atoms with Gasteiger partial charge in [0, 0.05) is 33.4 Å². The zero-order valence-electron chi connectivity index (χ0n) is 8.92. The topological polar surface area (TPSA) is 40.6 Å². The van der Waals surface area contributed by atoms with E-state index >= 15 is 0 Å². The molecule has 0 heterocycles. The first kappa shape index (κ1) is 13.2. The highest BCUT2D eigenvalue weighted by Gasteiger charge is 2.13. The summed E-state index contributed by atoms with van der Waals surface area (Å²) in [6.07, 6.45) is 1.06. The van der Waals surface area contributed by atoms with Crippen LogP contribution in [0.1, 0.15) is 12.8 Å². The van der Waals surface area contributed by atoms with Crippen molar-refractivity contribution in [2.45, 2.75) is 12.8 Å². The summed E-state index contributed by atoms with van der Waals surface area (Å²) in [5.74, 6) is 0.355. The summed E-state index contributed by atoms with van der Waals surface area (Å²) in [5, 5.41) is 0. The van der Waals surface area contributed by atoms with Crippen molar-refractivity contribution in [2.24, 2.45) is 0 Å². The molecule has 0 radical (unpaired) electrons. The number of hydrogen-bond acceptors (Lipinski definition) is 2. The average molecular weight is 221 g/mol. The minimum absolute atomic E-state index is 0.0409. The molecule has 0 atom stereocenters. The van der Waals surface area contributed by atoms with E-state index in [0.717, 1.165) is 0 Å². The Kier molecular flexibility index (Phi) is 6.28. The van der Waals surface area contributed by atoms with Gasteiger partial charge in [-0.1, -0.05) is 0 Å². The van der Waals surface area contributed by atoms with Crippen LogP contribution in [0.25, 0.3) is 0 Å². The summed E-state index contributed by atoms with van der Waals surface area (Å²) in [6, 6.07) is 0. The smallest absolute Gasteiger partial charge is 0.241 e. The molecule has 4 nitrogen and oxygen atoms in total. The Morgan fingerprint density at radius 3 is 2.14 bits per heavy atom. The van der Waals surface area contributed by atoms with Crippen molar-refractivity contribution in [1.29, 1.82) is 0 Å². The highest BCUT2D eigenvalue weighted by atomic mass is 35.5. The van der Waals surface area contributed by atoms with Gasteiger partial charge in [-0.25, -0.2) is 0 Å². The van der Waals surface area contributed by atoms with Crippen LogP contribution in [0.15, 0.2) is 0 Å². The van der Waals surface area contributed by atoms with Crippen molar-refractivity contribution in [2.75, 3.05) is 33.6 Å². The summed E-state index contributed by atoms with van der Waals surface area (Å²) in [4.78, 5) is 25.5. The van der Waals surface area contributed by atoms with Crippen LogP contribution in [0.5, 0.6) is 0 Å². The van der Waals surface area contributed by atoms with Crippen LogP contribution in [-0.4, -0.2) is 55.2 Å². The zero-order valence-corrected chi connectivity index (χ0v) is 9.67. The maximum absolute atomic E-state index is 11.4. The number of hydrogen-bond donors (Lipinski definition) is 0. The van der Waals surface area contributed by atoms with Crippen molar-refractivity contribution in [3.05, 3.63) is 0 Å². The number of likely N-dealkylation sites (N-methyl/N-ethyl adjacent to an activating group) is 2. The number of carbonyl (C=O) groups excluding carboxylic acids is 2. The second-order valence-electron chi connectivity index (χ2n) is 3.33. The normalized spacial score (nSPS) is 9.71. The van der Waals surface area contributed by atoms with Crippen molar-refractivity contribution < 1.29 is 9.59 Å². The molecular weight excluding hydrogens is 204 g/mol. The fourth-order valence-electron chi connectivity index (χ4n) is 0.841. The molecule has 0 rings (SSSR count). The van der Waals surface area contributed by atoms with Crippen LogP contribution < -0.4 is 0 Å². The van der Waals surface area contributed by atoms with E-state index in [0.29, 0.717) is 18.7 Å². The molecular formula is C9H17ClN2O2. The van der Waals surface area contributed by atoms with Crippen molar-refractivity contribution in [3.63, 3.8) is 0 Å². The molecule has 0 unspecified atom stereocenters. The molecule has 0 aromatic carbocycles. The Morgan fingerprint density at radius 1 is 1.14 bits per heavy atom. The van der Waals surface area contributed by atoms with Crippen LogP contribution in [0, 0.1) is 0 Å². The van der Waals surface area contributed by atoms with Crippen LogP contribution in [-0.2, 0) is 9.59 Å². The van der Waals surface area contributed by atoms with E-state index in [9.17, 15) is 9.59 Å². The van der Waals surface area contributed by atoms with E-state index in [-0.39, 0.29) is 18.4 Å². The van der Waals surface area contributed by atoms with E-state index in [1.54, 1.807) is 21.1 Å². The Hall–Kier alpha value is -0.770.